The lowest BCUT2D eigenvalue weighted by molar-refractivity contribution is -0.137. The number of hydrogen-bond acceptors (Lipinski definition) is 3. The topological polar surface area (TPSA) is 78.4 Å². The first-order valence-corrected chi connectivity index (χ1v) is 10.1. The van der Waals surface area contributed by atoms with Gasteiger partial charge in [0.05, 0.1) is 0 Å². The van der Waals surface area contributed by atoms with Crippen LogP contribution in [-0.4, -0.2) is 35.4 Å². The molecule has 0 saturated carbocycles. The van der Waals surface area contributed by atoms with Crippen LogP contribution in [0.2, 0.25) is 0 Å². The van der Waals surface area contributed by atoms with Crippen molar-refractivity contribution in [1.29, 1.82) is 0 Å². The predicted octanol–water partition coefficient (Wildman–Crippen LogP) is 3.65. The van der Waals surface area contributed by atoms with E-state index in [1.165, 1.54) is 10.5 Å². The maximum absolute atomic E-state index is 12.4. The summed E-state index contributed by atoms with van der Waals surface area (Å²) >= 11 is 1.82. The maximum atomic E-state index is 12.4. The monoisotopic (exact) mass is 384 g/mol. The van der Waals surface area contributed by atoms with Gasteiger partial charge in [-0.25, -0.2) is 4.79 Å². The second-order valence-electron chi connectivity index (χ2n) is 6.72. The van der Waals surface area contributed by atoms with Crippen LogP contribution in [0.25, 0.3) is 0 Å². The van der Waals surface area contributed by atoms with Crippen LogP contribution in [0, 0.1) is 0 Å². The minimum Gasteiger partial charge on any atom is -0.481 e. The van der Waals surface area contributed by atoms with Gasteiger partial charge in [-0.3, -0.25) is 4.79 Å². The summed E-state index contributed by atoms with van der Waals surface area (Å²) in [6, 6.07) is 17.6. The van der Waals surface area contributed by atoms with Gasteiger partial charge in [0.15, 0.2) is 0 Å². The van der Waals surface area contributed by atoms with Crippen molar-refractivity contribution in [3.05, 3.63) is 65.7 Å². The number of urea groups is 1. The van der Waals surface area contributed by atoms with Crippen molar-refractivity contribution < 1.29 is 14.7 Å². The number of fused-ring (bicyclic) bond motifs is 1. The number of amides is 2. The lowest BCUT2D eigenvalue weighted by atomic mass is 10.0. The van der Waals surface area contributed by atoms with Crippen LogP contribution in [0.5, 0.6) is 0 Å². The average Bonchev–Trinajstić information content (AvgIpc) is 3.08. The number of aliphatic carboxylic acids is 1. The molecule has 0 bridgehead atoms. The third-order valence-electron chi connectivity index (χ3n) is 4.67. The van der Waals surface area contributed by atoms with E-state index in [0.29, 0.717) is 25.3 Å². The summed E-state index contributed by atoms with van der Waals surface area (Å²) in [4.78, 5) is 24.6. The smallest absolute Gasteiger partial charge is 0.315 e. The van der Waals surface area contributed by atoms with Crippen molar-refractivity contribution in [3.63, 3.8) is 0 Å². The first kappa shape index (κ1) is 19.3. The fourth-order valence-electron chi connectivity index (χ4n) is 3.27. The molecular weight excluding hydrogens is 360 g/mol. The second-order valence-corrected chi connectivity index (χ2v) is 7.78. The van der Waals surface area contributed by atoms with Crippen molar-refractivity contribution in [2.45, 2.75) is 36.1 Å². The van der Waals surface area contributed by atoms with E-state index in [1.54, 1.807) is 0 Å². The fourth-order valence-corrected chi connectivity index (χ4v) is 4.53. The Kier molecular flexibility index (Phi) is 6.76. The Bertz CT molecular complexity index is 782. The van der Waals surface area contributed by atoms with Crippen molar-refractivity contribution >= 4 is 23.8 Å². The first-order valence-electron chi connectivity index (χ1n) is 9.13. The highest BCUT2D eigenvalue weighted by molar-refractivity contribution is 7.99. The molecule has 3 rings (SSSR count). The van der Waals surface area contributed by atoms with Crippen LogP contribution in [0.3, 0.4) is 0 Å². The Morgan fingerprint density at radius 1 is 1.11 bits per heavy atom. The van der Waals surface area contributed by atoms with Gasteiger partial charge in [0.2, 0.25) is 0 Å². The van der Waals surface area contributed by atoms with E-state index in [2.05, 4.69) is 22.8 Å². The molecule has 0 saturated heterocycles. The maximum Gasteiger partial charge on any atom is 0.315 e. The van der Waals surface area contributed by atoms with Crippen molar-refractivity contribution in [3.8, 4) is 0 Å². The molecule has 1 aliphatic heterocycles. The summed E-state index contributed by atoms with van der Waals surface area (Å²) in [6.07, 6.45) is 1.05. The summed E-state index contributed by atoms with van der Waals surface area (Å²) in [5, 5.41) is 14.9. The van der Waals surface area contributed by atoms with Crippen LogP contribution < -0.4 is 10.6 Å². The Hall–Kier alpha value is -2.47. The number of rotatable bonds is 8. The third kappa shape index (κ3) is 5.76. The Morgan fingerprint density at radius 3 is 2.63 bits per heavy atom. The largest absolute Gasteiger partial charge is 0.481 e. The molecule has 5 nitrogen and oxygen atoms in total. The van der Waals surface area contributed by atoms with Gasteiger partial charge < -0.3 is 15.7 Å². The van der Waals surface area contributed by atoms with Gasteiger partial charge in [0, 0.05) is 35.6 Å². The van der Waals surface area contributed by atoms with Crippen molar-refractivity contribution in [2.75, 3.05) is 12.3 Å². The zero-order valence-electron chi connectivity index (χ0n) is 15.1. The highest BCUT2D eigenvalue weighted by Gasteiger charge is 2.23. The molecule has 2 unspecified atom stereocenters. The number of nitrogens with one attached hydrogen (secondary N) is 2. The molecule has 3 N–H and O–H groups in total. The first-order chi connectivity index (χ1) is 13.1. The van der Waals surface area contributed by atoms with E-state index in [0.717, 1.165) is 11.3 Å². The second kappa shape index (κ2) is 9.46. The van der Waals surface area contributed by atoms with Crippen LogP contribution >= 0.6 is 11.8 Å². The predicted molar refractivity (Wildman–Crippen MR) is 107 cm³/mol. The Labute approximate surface area is 163 Å². The zero-order chi connectivity index (χ0) is 19.1. The van der Waals surface area contributed by atoms with Crippen molar-refractivity contribution in [1.82, 2.24) is 10.6 Å². The molecule has 2 amide bonds. The molecule has 0 aromatic heterocycles. The van der Waals surface area contributed by atoms with E-state index in [9.17, 15) is 9.59 Å². The highest BCUT2D eigenvalue weighted by Crippen LogP contribution is 2.38. The zero-order valence-corrected chi connectivity index (χ0v) is 15.9. The summed E-state index contributed by atoms with van der Waals surface area (Å²) in [6.45, 7) is 0.576. The van der Waals surface area contributed by atoms with Gasteiger partial charge in [-0.05, 0) is 30.0 Å². The molecule has 1 aliphatic rings. The molecule has 2 atom stereocenters. The van der Waals surface area contributed by atoms with Crippen LogP contribution in [0.15, 0.2) is 59.5 Å². The number of hydrogen-bond donors (Lipinski definition) is 3. The number of carboxylic acids is 1. The lowest BCUT2D eigenvalue weighted by Gasteiger charge is -2.20. The molecule has 6 heteroatoms. The number of carbonyl (C=O) groups excluding carboxylic acids is 1. The quantitative estimate of drug-likeness (QED) is 0.649. The molecule has 27 heavy (non-hydrogen) atoms. The minimum atomic E-state index is -0.852. The van der Waals surface area contributed by atoms with Crippen molar-refractivity contribution in [2.24, 2.45) is 0 Å². The molecule has 0 fully saturated rings. The molecule has 2 aromatic carbocycles. The third-order valence-corrected chi connectivity index (χ3v) is 5.93. The van der Waals surface area contributed by atoms with E-state index in [4.69, 9.17) is 5.11 Å². The van der Waals surface area contributed by atoms with E-state index in [-0.39, 0.29) is 18.5 Å². The molecule has 1 heterocycles. The number of benzene rings is 2. The SMILES string of the molecule is O=C(O)CCC(Cc1ccccc1)NC(=O)NCC1CSc2ccccc21. The van der Waals surface area contributed by atoms with E-state index in [1.807, 2.05) is 54.2 Å². The summed E-state index contributed by atoms with van der Waals surface area (Å²) < 4.78 is 0. The molecular formula is C21H24N2O3S. The molecule has 0 radical (unpaired) electrons. The summed E-state index contributed by atoms with van der Waals surface area (Å²) in [5.74, 6) is 0.421. The minimum absolute atomic E-state index is 0.0322. The molecule has 142 valence electrons. The summed E-state index contributed by atoms with van der Waals surface area (Å²) in [5.41, 5.74) is 2.36. The highest BCUT2D eigenvalue weighted by atomic mass is 32.2. The average molecular weight is 385 g/mol. The Balaban J connectivity index is 1.53. The van der Waals surface area contributed by atoms with E-state index < -0.39 is 5.97 Å². The van der Waals surface area contributed by atoms with Gasteiger partial charge in [-0.15, -0.1) is 11.8 Å². The van der Waals surface area contributed by atoms with E-state index >= 15 is 0 Å². The number of thioether (sulfide) groups is 1. The number of carboxylic acid groups (broad SMARTS) is 1. The van der Waals surface area contributed by atoms with Gasteiger partial charge in [0.25, 0.3) is 0 Å². The van der Waals surface area contributed by atoms with Gasteiger partial charge >= 0.3 is 12.0 Å². The van der Waals surface area contributed by atoms with Gasteiger partial charge in [0.1, 0.15) is 0 Å². The lowest BCUT2D eigenvalue weighted by Crippen LogP contribution is -2.44. The fraction of sp³-hybridized carbons (Fsp3) is 0.333. The van der Waals surface area contributed by atoms with Crippen LogP contribution in [0.4, 0.5) is 4.79 Å². The van der Waals surface area contributed by atoms with Crippen LogP contribution in [-0.2, 0) is 11.2 Å². The normalized spacial score (nSPS) is 16.4. The standard InChI is InChI=1S/C21H24N2O3S/c24-20(25)11-10-17(12-15-6-2-1-3-7-15)23-21(26)22-13-16-14-27-19-9-5-4-8-18(16)19/h1-9,16-17H,10-14H2,(H,24,25)(H2,22,23,26). The van der Waals surface area contributed by atoms with Gasteiger partial charge in [-0.1, -0.05) is 48.5 Å². The molecule has 0 aliphatic carbocycles. The van der Waals surface area contributed by atoms with Gasteiger partial charge in [-0.2, -0.15) is 0 Å². The Morgan fingerprint density at radius 2 is 1.85 bits per heavy atom. The number of carbonyl (C=O) groups is 2. The summed E-state index contributed by atoms with van der Waals surface area (Å²) in [7, 11) is 0. The van der Waals surface area contributed by atoms with Crippen LogP contribution in [0.1, 0.15) is 29.9 Å². The molecule has 0 spiro atoms. The molecule has 2 aromatic rings.